The first-order valence-electron chi connectivity index (χ1n) is 6.17. The van der Waals surface area contributed by atoms with Crippen molar-refractivity contribution in [3.8, 4) is 5.88 Å². The first-order valence-corrected chi connectivity index (χ1v) is 6.17. The van der Waals surface area contributed by atoms with Crippen molar-refractivity contribution in [3.63, 3.8) is 0 Å². The number of rotatable bonds is 5. The van der Waals surface area contributed by atoms with Crippen LogP contribution in [0.15, 0.2) is 18.2 Å². The molecular weight excluding hydrogens is 216 g/mol. The van der Waals surface area contributed by atoms with Crippen LogP contribution in [0.25, 0.3) is 0 Å². The molecule has 4 nitrogen and oxygen atoms in total. The molecule has 1 saturated heterocycles. The molecule has 0 unspecified atom stereocenters. The molecule has 1 aliphatic rings. The average molecular weight is 236 g/mol. The number of nitrogens with one attached hydrogen (secondary N) is 1. The fourth-order valence-corrected chi connectivity index (χ4v) is 2.03. The van der Waals surface area contributed by atoms with Crippen LogP contribution in [0, 0.1) is 5.92 Å². The third-order valence-electron chi connectivity index (χ3n) is 3.05. The van der Waals surface area contributed by atoms with Crippen LogP contribution < -0.4 is 10.1 Å². The van der Waals surface area contributed by atoms with E-state index >= 15 is 0 Å². The molecule has 0 radical (unpaired) electrons. The minimum Gasteiger partial charge on any atom is -0.481 e. The second-order valence-corrected chi connectivity index (χ2v) is 4.38. The molecule has 0 aromatic carbocycles. The number of piperidine rings is 1. The fraction of sp³-hybridized carbons (Fsp3) is 0.615. The summed E-state index contributed by atoms with van der Waals surface area (Å²) in [7, 11) is 1.63. The largest absolute Gasteiger partial charge is 0.481 e. The summed E-state index contributed by atoms with van der Waals surface area (Å²) >= 11 is 0. The van der Waals surface area contributed by atoms with Gasteiger partial charge in [-0.25, -0.2) is 4.98 Å². The molecule has 1 aromatic heterocycles. The standard InChI is InChI=1S/C13H20N2O2/c1-16-13-4-2-3-12(15-13)10-17-9-11-5-7-14-8-6-11/h2-4,11,14H,5-10H2,1H3. The summed E-state index contributed by atoms with van der Waals surface area (Å²) < 4.78 is 10.8. The third-order valence-corrected chi connectivity index (χ3v) is 3.05. The predicted octanol–water partition coefficient (Wildman–Crippen LogP) is 1.61. The lowest BCUT2D eigenvalue weighted by atomic mass is 9.99. The Morgan fingerprint density at radius 1 is 1.35 bits per heavy atom. The maximum Gasteiger partial charge on any atom is 0.213 e. The van der Waals surface area contributed by atoms with Crippen molar-refractivity contribution in [3.05, 3.63) is 23.9 Å². The molecule has 0 spiro atoms. The van der Waals surface area contributed by atoms with E-state index in [0.29, 0.717) is 18.4 Å². The molecule has 2 rings (SSSR count). The van der Waals surface area contributed by atoms with Gasteiger partial charge >= 0.3 is 0 Å². The highest BCUT2D eigenvalue weighted by molar-refractivity contribution is 5.14. The predicted molar refractivity (Wildman–Crippen MR) is 66.0 cm³/mol. The molecule has 94 valence electrons. The van der Waals surface area contributed by atoms with Gasteiger partial charge in [0.1, 0.15) is 0 Å². The zero-order valence-electron chi connectivity index (χ0n) is 10.3. The SMILES string of the molecule is COc1cccc(COCC2CCNCC2)n1. The zero-order valence-corrected chi connectivity index (χ0v) is 10.3. The number of nitrogens with zero attached hydrogens (tertiary/aromatic N) is 1. The van der Waals surface area contributed by atoms with Gasteiger partial charge in [0.2, 0.25) is 5.88 Å². The number of hydrogen-bond acceptors (Lipinski definition) is 4. The van der Waals surface area contributed by atoms with Gasteiger partial charge in [-0.1, -0.05) is 6.07 Å². The van der Waals surface area contributed by atoms with E-state index < -0.39 is 0 Å². The minimum atomic E-state index is 0.571. The molecule has 0 aliphatic carbocycles. The zero-order chi connectivity index (χ0) is 11.9. The molecule has 1 aromatic rings. The van der Waals surface area contributed by atoms with E-state index in [2.05, 4.69) is 10.3 Å². The lowest BCUT2D eigenvalue weighted by molar-refractivity contribution is 0.0741. The molecule has 4 heteroatoms. The molecular formula is C13H20N2O2. The van der Waals surface area contributed by atoms with E-state index in [0.717, 1.165) is 25.4 Å². The smallest absolute Gasteiger partial charge is 0.213 e. The summed E-state index contributed by atoms with van der Waals surface area (Å²) in [6, 6.07) is 5.75. The Hall–Kier alpha value is -1.13. The van der Waals surface area contributed by atoms with Crippen molar-refractivity contribution in [2.45, 2.75) is 19.4 Å². The van der Waals surface area contributed by atoms with Crippen LogP contribution in [-0.2, 0) is 11.3 Å². The molecule has 1 N–H and O–H groups in total. The van der Waals surface area contributed by atoms with Gasteiger partial charge in [-0.2, -0.15) is 0 Å². The van der Waals surface area contributed by atoms with Crippen LogP contribution in [0.1, 0.15) is 18.5 Å². The lowest BCUT2D eigenvalue weighted by Crippen LogP contribution is -2.29. The van der Waals surface area contributed by atoms with E-state index in [4.69, 9.17) is 9.47 Å². The van der Waals surface area contributed by atoms with E-state index in [1.54, 1.807) is 7.11 Å². The van der Waals surface area contributed by atoms with Crippen molar-refractivity contribution < 1.29 is 9.47 Å². The summed E-state index contributed by atoms with van der Waals surface area (Å²) in [6.45, 7) is 3.64. The number of hydrogen-bond donors (Lipinski definition) is 1. The number of pyridine rings is 1. The second-order valence-electron chi connectivity index (χ2n) is 4.38. The van der Waals surface area contributed by atoms with Crippen molar-refractivity contribution >= 4 is 0 Å². The van der Waals surface area contributed by atoms with Gasteiger partial charge in [0, 0.05) is 6.07 Å². The highest BCUT2D eigenvalue weighted by atomic mass is 16.5. The Balaban J connectivity index is 1.73. The second kappa shape index (κ2) is 6.57. The highest BCUT2D eigenvalue weighted by Gasteiger charge is 2.12. The number of aromatic nitrogens is 1. The van der Waals surface area contributed by atoms with Crippen LogP contribution in [0.4, 0.5) is 0 Å². The number of ether oxygens (including phenoxy) is 2. The maximum atomic E-state index is 5.71. The van der Waals surface area contributed by atoms with Gasteiger partial charge in [0.05, 0.1) is 26.0 Å². The Bertz CT molecular complexity index is 338. The minimum absolute atomic E-state index is 0.571. The molecule has 0 atom stereocenters. The Labute approximate surface area is 102 Å². The quantitative estimate of drug-likeness (QED) is 0.843. The summed E-state index contributed by atoms with van der Waals surface area (Å²) in [4.78, 5) is 4.31. The van der Waals surface area contributed by atoms with Gasteiger partial charge < -0.3 is 14.8 Å². The Morgan fingerprint density at radius 2 is 2.18 bits per heavy atom. The van der Waals surface area contributed by atoms with Crippen LogP contribution >= 0.6 is 0 Å². The van der Waals surface area contributed by atoms with Crippen LogP contribution in [0.2, 0.25) is 0 Å². The van der Waals surface area contributed by atoms with Crippen molar-refractivity contribution in [2.24, 2.45) is 5.92 Å². The van der Waals surface area contributed by atoms with Crippen molar-refractivity contribution in [1.82, 2.24) is 10.3 Å². The van der Waals surface area contributed by atoms with E-state index in [-0.39, 0.29) is 0 Å². The van der Waals surface area contributed by atoms with Gasteiger partial charge in [-0.3, -0.25) is 0 Å². The monoisotopic (exact) mass is 236 g/mol. The summed E-state index contributed by atoms with van der Waals surface area (Å²) in [6.07, 6.45) is 2.43. The Kier molecular flexibility index (Phi) is 4.76. The van der Waals surface area contributed by atoms with E-state index in [1.165, 1.54) is 12.8 Å². The molecule has 1 fully saturated rings. The first kappa shape index (κ1) is 12.3. The van der Waals surface area contributed by atoms with Gasteiger partial charge in [-0.15, -0.1) is 0 Å². The van der Waals surface area contributed by atoms with Crippen molar-refractivity contribution in [1.29, 1.82) is 0 Å². The first-order chi connectivity index (χ1) is 8.38. The molecule has 17 heavy (non-hydrogen) atoms. The molecule has 0 bridgehead atoms. The number of methoxy groups -OCH3 is 1. The third kappa shape index (κ3) is 3.98. The fourth-order valence-electron chi connectivity index (χ4n) is 2.03. The lowest BCUT2D eigenvalue weighted by Gasteiger charge is -2.22. The average Bonchev–Trinajstić information content (AvgIpc) is 2.40. The Morgan fingerprint density at radius 3 is 2.94 bits per heavy atom. The van der Waals surface area contributed by atoms with Crippen LogP contribution in [-0.4, -0.2) is 31.8 Å². The van der Waals surface area contributed by atoms with Gasteiger partial charge in [0.15, 0.2) is 0 Å². The van der Waals surface area contributed by atoms with E-state index in [9.17, 15) is 0 Å². The molecule has 1 aliphatic heterocycles. The van der Waals surface area contributed by atoms with Gasteiger partial charge in [0.25, 0.3) is 0 Å². The van der Waals surface area contributed by atoms with E-state index in [1.807, 2.05) is 18.2 Å². The molecule has 0 amide bonds. The molecule has 2 heterocycles. The summed E-state index contributed by atoms with van der Waals surface area (Å²) in [5.41, 5.74) is 0.929. The maximum absolute atomic E-state index is 5.71. The highest BCUT2D eigenvalue weighted by Crippen LogP contribution is 2.13. The topological polar surface area (TPSA) is 43.4 Å². The summed E-state index contributed by atoms with van der Waals surface area (Å²) in [5, 5.41) is 3.35. The van der Waals surface area contributed by atoms with Crippen LogP contribution in [0.5, 0.6) is 5.88 Å². The summed E-state index contributed by atoms with van der Waals surface area (Å²) in [5.74, 6) is 1.34. The van der Waals surface area contributed by atoms with Crippen LogP contribution in [0.3, 0.4) is 0 Å². The van der Waals surface area contributed by atoms with Crippen molar-refractivity contribution in [2.75, 3.05) is 26.8 Å². The normalized spacial score (nSPS) is 17.0. The molecule has 0 saturated carbocycles. The van der Waals surface area contributed by atoms with Gasteiger partial charge in [-0.05, 0) is 37.9 Å².